The van der Waals surface area contributed by atoms with E-state index in [1.54, 1.807) is 25.1 Å². The average molecular weight is 277 g/mol. The summed E-state index contributed by atoms with van der Waals surface area (Å²) in [6.45, 7) is 5.52. The van der Waals surface area contributed by atoms with Crippen LogP contribution in [-0.4, -0.2) is 24.3 Å². The van der Waals surface area contributed by atoms with Gasteiger partial charge in [0.15, 0.2) is 0 Å². The third kappa shape index (κ3) is 4.38. The summed E-state index contributed by atoms with van der Waals surface area (Å²) in [7, 11) is 0. The minimum atomic E-state index is -0.721. The lowest BCUT2D eigenvalue weighted by Crippen LogP contribution is -2.35. The van der Waals surface area contributed by atoms with E-state index in [1.807, 2.05) is 6.92 Å². The second-order valence-electron chi connectivity index (χ2n) is 4.37. The molecular weight excluding hydrogens is 258 g/mol. The van der Waals surface area contributed by atoms with Crippen molar-refractivity contribution in [1.29, 1.82) is 0 Å². The van der Waals surface area contributed by atoms with Crippen LogP contribution in [0.3, 0.4) is 0 Å². The first-order valence-electron chi connectivity index (χ1n) is 6.42. The van der Waals surface area contributed by atoms with Crippen molar-refractivity contribution >= 4 is 29.1 Å². The number of anilines is 2. The highest BCUT2D eigenvalue weighted by Gasteiger charge is 2.14. The summed E-state index contributed by atoms with van der Waals surface area (Å²) in [6.07, 6.45) is 0.760. The summed E-state index contributed by atoms with van der Waals surface area (Å²) in [5, 5.41) is 7.69. The Bertz CT molecular complexity index is 526. The van der Waals surface area contributed by atoms with E-state index in [-0.39, 0.29) is 5.91 Å². The predicted molar refractivity (Wildman–Crippen MR) is 77.4 cm³/mol. The molecule has 3 N–H and O–H groups in total. The minimum absolute atomic E-state index is 0.197. The number of amides is 3. The lowest BCUT2D eigenvalue weighted by molar-refractivity contribution is -0.136. The van der Waals surface area contributed by atoms with Gasteiger partial charge in [0.05, 0.1) is 0 Å². The molecule has 20 heavy (non-hydrogen) atoms. The first kappa shape index (κ1) is 15.7. The fourth-order valence-electron chi connectivity index (χ4n) is 1.59. The van der Waals surface area contributed by atoms with Crippen LogP contribution in [0.1, 0.15) is 25.8 Å². The van der Waals surface area contributed by atoms with Crippen molar-refractivity contribution in [2.24, 2.45) is 0 Å². The van der Waals surface area contributed by atoms with E-state index < -0.39 is 11.8 Å². The van der Waals surface area contributed by atoms with E-state index >= 15 is 0 Å². The molecule has 0 bridgehead atoms. The molecule has 3 amide bonds. The first-order valence-corrected chi connectivity index (χ1v) is 6.42. The van der Waals surface area contributed by atoms with E-state index in [1.165, 1.54) is 6.92 Å². The quantitative estimate of drug-likeness (QED) is 0.727. The molecule has 0 fully saturated rings. The van der Waals surface area contributed by atoms with Crippen LogP contribution in [0, 0.1) is 6.92 Å². The molecule has 0 atom stereocenters. The Kier molecular flexibility index (Phi) is 5.71. The third-order valence-corrected chi connectivity index (χ3v) is 2.63. The summed E-state index contributed by atoms with van der Waals surface area (Å²) in [4.78, 5) is 34.2. The van der Waals surface area contributed by atoms with Gasteiger partial charge in [-0.05, 0) is 31.0 Å². The maximum Gasteiger partial charge on any atom is 0.313 e. The summed E-state index contributed by atoms with van der Waals surface area (Å²) in [6, 6.07) is 5.09. The molecule has 0 aromatic heterocycles. The van der Waals surface area contributed by atoms with Crippen LogP contribution in [0.5, 0.6) is 0 Å². The standard InChI is InChI=1S/C14H19N3O3/c1-4-8-15-13(19)14(20)17-12-7-5-6-11(9(12)2)16-10(3)18/h5-7H,4,8H2,1-3H3,(H,15,19)(H,16,18)(H,17,20). The maximum atomic E-state index is 11.7. The molecule has 0 radical (unpaired) electrons. The molecule has 0 saturated heterocycles. The van der Waals surface area contributed by atoms with Crippen LogP contribution in [0.4, 0.5) is 11.4 Å². The molecule has 0 aliphatic heterocycles. The predicted octanol–water partition coefficient (Wildman–Crippen LogP) is 1.42. The number of carbonyl (C=O) groups is 3. The van der Waals surface area contributed by atoms with Crippen LogP contribution < -0.4 is 16.0 Å². The van der Waals surface area contributed by atoms with Crippen LogP contribution in [0.25, 0.3) is 0 Å². The van der Waals surface area contributed by atoms with E-state index in [0.717, 1.165) is 6.42 Å². The molecular formula is C14H19N3O3. The van der Waals surface area contributed by atoms with Crippen molar-refractivity contribution in [2.45, 2.75) is 27.2 Å². The lowest BCUT2D eigenvalue weighted by Gasteiger charge is -2.12. The molecule has 1 aromatic rings. The van der Waals surface area contributed by atoms with Crippen molar-refractivity contribution in [3.8, 4) is 0 Å². The largest absolute Gasteiger partial charge is 0.348 e. The molecule has 0 spiro atoms. The van der Waals surface area contributed by atoms with Gasteiger partial charge in [-0.2, -0.15) is 0 Å². The monoisotopic (exact) mass is 277 g/mol. The smallest absolute Gasteiger partial charge is 0.313 e. The molecule has 0 heterocycles. The van der Waals surface area contributed by atoms with Gasteiger partial charge in [-0.1, -0.05) is 13.0 Å². The van der Waals surface area contributed by atoms with E-state index in [9.17, 15) is 14.4 Å². The zero-order valence-corrected chi connectivity index (χ0v) is 11.9. The zero-order chi connectivity index (χ0) is 15.1. The van der Waals surface area contributed by atoms with Crippen molar-refractivity contribution in [3.05, 3.63) is 23.8 Å². The van der Waals surface area contributed by atoms with Crippen LogP contribution in [0.15, 0.2) is 18.2 Å². The Balaban J connectivity index is 2.80. The van der Waals surface area contributed by atoms with Crippen molar-refractivity contribution < 1.29 is 14.4 Å². The molecule has 6 heteroatoms. The Labute approximate surface area is 117 Å². The van der Waals surface area contributed by atoms with Crippen LogP contribution in [-0.2, 0) is 14.4 Å². The highest BCUT2D eigenvalue weighted by atomic mass is 16.2. The zero-order valence-electron chi connectivity index (χ0n) is 11.9. The van der Waals surface area contributed by atoms with Gasteiger partial charge < -0.3 is 16.0 Å². The number of benzene rings is 1. The van der Waals surface area contributed by atoms with Gasteiger partial charge in [0.25, 0.3) is 0 Å². The Morgan fingerprint density at radius 3 is 2.20 bits per heavy atom. The topological polar surface area (TPSA) is 87.3 Å². The number of hydrogen-bond acceptors (Lipinski definition) is 3. The maximum absolute atomic E-state index is 11.7. The van der Waals surface area contributed by atoms with Crippen molar-refractivity contribution in [2.75, 3.05) is 17.2 Å². The minimum Gasteiger partial charge on any atom is -0.348 e. The highest BCUT2D eigenvalue weighted by molar-refractivity contribution is 6.39. The number of nitrogens with one attached hydrogen (secondary N) is 3. The van der Waals surface area contributed by atoms with Gasteiger partial charge in [-0.25, -0.2) is 0 Å². The van der Waals surface area contributed by atoms with Gasteiger partial charge in [0.1, 0.15) is 0 Å². The van der Waals surface area contributed by atoms with Crippen LogP contribution in [0.2, 0.25) is 0 Å². The van der Waals surface area contributed by atoms with Gasteiger partial charge >= 0.3 is 11.8 Å². The molecule has 0 aliphatic carbocycles. The number of carbonyl (C=O) groups excluding carboxylic acids is 3. The average Bonchev–Trinajstić information content (AvgIpc) is 2.40. The fourth-order valence-corrected chi connectivity index (χ4v) is 1.59. The lowest BCUT2D eigenvalue weighted by atomic mass is 10.1. The Morgan fingerprint density at radius 2 is 1.65 bits per heavy atom. The number of rotatable bonds is 4. The molecule has 1 aromatic carbocycles. The van der Waals surface area contributed by atoms with Gasteiger partial charge in [-0.15, -0.1) is 0 Å². The molecule has 0 unspecified atom stereocenters. The SMILES string of the molecule is CCCNC(=O)C(=O)Nc1cccc(NC(C)=O)c1C. The van der Waals surface area contributed by atoms with Crippen molar-refractivity contribution in [3.63, 3.8) is 0 Å². The van der Waals surface area contributed by atoms with E-state index in [0.29, 0.717) is 23.5 Å². The third-order valence-electron chi connectivity index (χ3n) is 2.63. The Morgan fingerprint density at radius 1 is 1.05 bits per heavy atom. The molecule has 6 nitrogen and oxygen atoms in total. The van der Waals surface area contributed by atoms with E-state index in [2.05, 4.69) is 16.0 Å². The summed E-state index contributed by atoms with van der Waals surface area (Å²) >= 11 is 0. The van der Waals surface area contributed by atoms with Crippen molar-refractivity contribution in [1.82, 2.24) is 5.32 Å². The van der Waals surface area contributed by atoms with Gasteiger partial charge in [0, 0.05) is 24.8 Å². The fraction of sp³-hybridized carbons (Fsp3) is 0.357. The number of hydrogen-bond donors (Lipinski definition) is 3. The second-order valence-corrected chi connectivity index (χ2v) is 4.37. The van der Waals surface area contributed by atoms with E-state index in [4.69, 9.17) is 0 Å². The summed E-state index contributed by atoms with van der Waals surface area (Å²) < 4.78 is 0. The summed E-state index contributed by atoms with van der Waals surface area (Å²) in [5.74, 6) is -1.59. The normalized spacial score (nSPS) is 9.75. The molecule has 108 valence electrons. The van der Waals surface area contributed by atoms with Gasteiger partial charge in [-0.3, -0.25) is 14.4 Å². The Hall–Kier alpha value is -2.37. The molecule has 1 rings (SSSR count). The van der Waals surface area contributed by atoms with Crippen LogP contribution >= 0.6 is 0 Å². The molecule has 0 aliphatic rings. The highest BCUT2D eigenvalue weighted by Crippen LogP contribution is 2.23. The first-order chi connectivity index (χ1) is 9.45. The second kappa shape index (κ2) is 7.28. The summed E-state index contributed by atoms with van der Waals surface area (Å²) in [5.41, 5.74) is 1.79. The molecule has 0 saturated carbocycles. The van der Waals surface area contributed by atoms with Gasteiger partial charge in [0.2, 0.25) is 5.91 Å².